The molecule has 1 heterocycles. The van der Waals surface area contributed by atoms with Crippen LogP contribution in [0.3, 0.4) is 0 Å². The number of ether oxygens (including phenoxy) is 1. The number of nitrogens with zero attached hydrogens (tertiary/aromatic N) is 2. The maximum Gasteiger partial charge on any atom is 0.191 e. The van der Waals surface area contributed by atoms with Crippen molar-refractivity contribution in [1.29, 1.82) is 0 Å². The molecule has 0 saturated carbocycles. The molecule has 0 spiro atoms. The Balaban J connectivity index is 0.00000450. The van der Waals surface area contributed by atoms with Gasteiger partial charge in [0.1, 0.15) is 5.82 Å². The minimum atomic E-state index is -0.185. The second-order valence-corrected chi connectivity index (χ2v) is 8.53. The van der Waals surface area contributed by atoms with Crippen LogP contribution in [0.15, 0.2) is 29.3 Å². The van der Waals surface area contributed by atoms with Gasteiger partial charge in [0.05, 0.1) is 0 Å². The fraction of sp³-hybridized carbons (Fsp3) is 0.696. The summed E-state index contributed by atoms with van der Waals surface area (Å²) >= 11 is 0. The zero-order valence-corrected chi connectivity index (χ0v) is 21.5. The number of guanidine groups is 1. The summed E-state index contributed by atoms with van der Waals surface area (Å²) in [5.74, 6) is 0.614. The molecule has 0 atom stereocenters. The number of nitrogens with one attached hydrogen (secondary N) is 2. The zero-order chi connectivity index (χ0) is 21.3. The number of rotatable bonds is 9. The van der Waals surface area contributed by atoms with Crippen LogP contribution in [0.4, 0.5) is 4.39 Å². The summed E-state index contributed by atoms with van der Waals surface area (Å²) in [6.45, 7) is 13.0. The highest BCUT2D eigenvalue weighted by Gasteiger charge is 2.34. The first kappa shape index (κ1) is 27.1. The maximum atomic E-state index is 13.8. The van der Waals surface area contributed by atoms with E-state index >= 15 is 0 Å². The van der Waals surface area contributed by atoms with Crippen LogP contribution in [0.5, 0.6) is 0 Å². The predicted octanol–water partition coefficient (Wildman–Crippen LogP) is 4.17. The van der Waals surface area contributed by atoms with Gasteiger partial charge in [0.2, 0.25) is 0 Å². The fourth-order valence-corrected chi connectivity index (χ4v) is 4.20. The van der Waals surface area contributed by atoms with Gasteiger partial charge in [-0.1, -0.05) is 12.1 Å². The first-order valence-electron chi connectivity index (χ1n) is 10.9. The van der Waals surface area contributed by atoms with Crippen LogP contribution < -0.4 is 10.6 Å². The van der Waals surface area contributed by atoms with Crippen LogP contribution in [-0.4, -0.2) is 62.8 Å². The summed E-state index contributed by atoms with van der Waals surface area (Å²) in [6.07, 6.45) is 2.80. The van der Waals surface area contributed by atoms with Gasteiger partial charge in [0.15, 0.2) is 5.96 Å². The Labute approximate surface area is 199 Å². The molecule has 2 rings (SSSR count). The molecule has 172 valence electrons. The summed E-state index contributed by atoms with van der Waals surface area (Å²) in [4.78, 5) is 6.88. The molecule has 0 aromatic heterocycles. The average molecular weight is 535 g/mol. The van der Waals surface area contributed by atoms with Gasteiger partial charge in [-0.2, -0.15) is 0 Å². The summed E-state index contributed by atoms with van der Waals surface area (Å²) < 4.78 is 19.4. The van der Waals surface area contributed by atoms with E-state index < -0.39 is 0 Å². The molecular weight excluding hydrogens is 494 g/mol. The lowest BCUT2D eigenvalue weighted by molar-refractivity contribution is 0.0513. The molecule has 0 bridgehead atoms. The Morgan fingerprint density at radius 3 is 2.40 bits per heavy atom. The third-order valence-corrected chi connectivity index (χ3v) is 5.92. The number of aliphatic imine (C=N–C) groups is 1. The van der Waals surface area contributed by atoms with Crippen LogP contribution >= 0.6 is 24.0 Å². The maximum absolute atomic E-state index is 13.8. The summed E-state index contributed by atoms with van der Waals surface area (Å²) in [5, 5.41) is 6.91. The minimum absolute atomic E-state index is 0. The van der Waals surface area contributed by atoms with Crippen LogP contribution in [0.25, 0.3) is 0 Å². The molecule has 0 radical (unpaired) electrons. The summed E-state index contributed by atoms with van der Waals surface area (Å²) in [6, 6.07) is 8.08. The van der Waals surface area contributed by atoms with Crippen molar-refractivity contribution in [3.63, 3.8) is 0 Å². The monoisotopic (exact) mass is 534 g/mol. The lowest BCUT2D eigenvalue weighted by Gasteiger charge is -2.38. The molecule has 7 heteroatoms. The van der Waals surface area contributed by atoms with E-state index in [0.717, 1.165) is 43.9 Å². The van der Waals surface area contributed by atoms with Crippen molar-refractivity contribution in [3.05, 3.63) is 35.6 Å². The Kier molecular flexibility index (Phi) is 12.2. The van der Waals surface area contributed by atoms with E-state index in [2.05, 4.69) is 48.2 Å². The van der Waals surface area contributed by atoms with Crippen molar-refractivity contribution < 1.29 is 9.13 Å². The van der Waals surface area contributed by atoms with E-state index in [-0.39, 0.29) is 35.2 Å². The van der Waals surface area contributed by atoms with Gasteiger partial charge in [-0.15, -0.1) is 24.0 Å². The summed E-state index contributed by atoms with van der Waals surface area (Å²) in [5.41, 5.74) is 0.901. The number of hydrogen-bond acceptors (Lipinski definition) is 3. The standard InChI is InChI=1S/C23H39FN4O.HI/c1-18(2)28(19(3)4)13-7-12-26-22(25-5)27-17-23(10-14-29-15-11-23)20-8-6-9-21(24)16-20;/h6,8-9,16,18-19H,7,10-15,17H2,1-5H3,(H2,25,26,27);1H. The molecule has 0 unspecified atom stereocenters. The quantitative estimate of drug-likeness (QED) is 0.216. The van der Waals surface area contributed by atoms with E-state index in [1.54, 1.807) is 19.2 Å². The summed E-state index contributed by atoms with van der Waals surface area (Å²) in [7, 11) is 1.79. The Hall–Kier alpha value is -0.930. The molecule has 0 amide bonds. The zero-order valence-electron chi connectivity index (χ0n) is 19.2. The molecule has 1 saturated heterocycles. The molecule has 0 aliphatic carbocycles. The molecule has 5 nitrogen and oxygen atoms in total. The number of hydrogen-bond donors (Lipinski definition) is 2. The van der Waals surface area contributed by atoms with Crippen LogP contribution in [0, 0.1) is 5.82 Å². The van der Waals surface area contributed by atoms with Crippen LogP contribution in [0.2, 0.25) is 0 Å². The van der Waals surface area contributed by atoms with Gasteiger partial charge in [0.25, 0.3) is 0 Å². The van der Waals surface area contributed by atoms with Crippen molar-refractivity contribution >= 4 is 29.9 Å². The van der Waals surface area contributed by atoms with Crippen molar-refractivity contribution in [2.45, 2.75) is 64.5 Å². The van der Waals surface area contributed by atoms with E-state index in [4.69, 9.17) is 4.74 Å². The number of benzene rings is 1. The SMILES string of the molecule is CN=C(NCCCN(C(C)C)C(C)C)NCC1(c2cccc(F)c2)CCOCC1.I. The van der Waals surface area contributed by atoms with Crippen LogP contribution in [-0.2, 0) is 10.2 Å². The van der Waals surface area contributed by atoms with Gasteiger partial charge in [-0.3, -0.25) is 9.89 Å². The first-order valence-corrected chi connectivity index (χ1v) is 10.9. The Morgan fingerprint density at radius 1 is 1.17 bits per heavy atom. The first-order chi connectivity index (χ1) is 13.9. The highest BCUT2D eigenvalue weighted by Crippen LogP contribution is 2.34. The Bertz CT molecular complexity index is 640. The van der Waals surface area contributed by atoms with Gasteiger partial charge < -0.3 is 15.4 Å². The molecule has 1 aromatic rings. The van der Waals surface area contributed by atoms with E-state index in [1.807, 2.05) is 6.07 Å². The van der Waals surface area contributed by atoms with Crippen molar-refractivity contribution in [3.8, 4) is 0 Å². The van der Waals surface area contributed by atoms with Gasteiger partial charge in [-0.25, -0.2) is 4.39 Å². The smallest absolute Gasteiger partial charge is 0.191 e. The normalized spacial score (nSPS) is 16.6. The Morgan fingerprint density at radius 2 is 1.83 bits per heavy atom. The molecular formula is C23H40FIN4O. The van der Waals surface area contributed by atoms with E-state index in [9.17, 15) is 4.39 Å². The predicted molar refractivity (Wildman–Crippen MR) is 135 cm³/mol. The lowest BCUT2D eigenvalue weighted by Crippen LogP contribution is -2.48. The lowest BCUT2D eigenvalue weighted by atomic mass is 9.74. The fourth-order valence-electron chi connectivity index (χ4n) is 4.20. The highest BCUT2D eigenvalue weighted by molar-refractivity contribution is 14.0. The van der Waals surface area contributed by atoms with E-state index in [1.165, 1.54) is 6.07 Å². The van der Waals surface area contributed by atoms with Gasteiger partial charge in [-0.05, 0) is 64.7 Å². The molecule has 1 aliphatic heterocycles. The molecule has 1 aliphatic rings. The van der Waals surface area contributed by atoms with Gasteiger partial charge >= 0.3 is 0 Å². The molecule has 30 heavy (non-hydrogen) atoms. The van der Waals surface area contributed by atoms with Crippen molar-refractivity contribution in [1.82, 2.24) is 15.5 Å². The van der Waals surface area contributed by atoms with Crippen molar-refractivity contribution in [2.75, 3.05) is 39.9 Å². The highest BCUT2D eigenvalue weighted by atomic mass is 127. The largest absolute Gasteiger partial charge is 0.381 e. The second kappa shape index (κ2) is 13.5. The average Bonchev–Trinajstić information content (AvgIpc) is 2.70. The van der Waals surface area contributed by atoms with Gasteiger partial charge in [0, 0.05) is 57.4 Å². The third-order valence-electron chi connectivity index (χ3n) is 5.92. The second-order valence-electron chi connectivity index (χ2n) is 8.53. The molecule has 1 aromatic carbocycles. The minimum Gasteiger partial charge on any atom is -0.381 e. The third kappa shape index (κ3) is 7.96. The number of halogens is 2. The van der Waals surface area contributed by atoms with Crippen molar-refractivity contribution in [2.24, 2.45) is 4.99 Å². The van der Waals surface area contributed by atoms with Crippen LogP contribution in [0.1, 0.15) is 52.5 Å². The molecule has 1 fully saturated rings. The van der Waals surface area contributed by atoms with E-state index in [0.29, 0.717) is 31.8 Å². The molecule has 2 N–H and O–H groups in total. The topological polar surface area (TPSA) is 48.9 Å².